The highest BCUT2D eigenvalue weighted by Gasteiger charge is 2.47. The van der Waals surface area contributed by atoms with Crippen LogP contribution in [0.2, 0.25) is 0 Å². The van der Waals surface area contributed by atoms with Crippen LogP contribution in [0.1, 0.15) is 36.8 Å². The summed E-state index contributed by atoms with van der Waals surface area (Å²) in [7, 11) is 1.61. The van der Waals surface area contributed by atoms with Crippen LogP contribution in [0.25, 0.3) is 0 Å². The molecule has 5 heteroatoms. The van der Waals surface area contributed by atoms with Gasteiger partial charge in [0, 0.05) is 12.7 Å². The molecule has 0 unspecified atom stereocenters. The second-order valence-corrected chi connectivity index (χ2v) is 5.65. The highest BCUT2D eigenvalue weighted by Crippen LogP contribution is 2.50. The summed E-state index contributed by atoms with van der Waals surface area (Å²) in [6.07, 6.45) is 3.12. The van der Waals surface area contributed by atoms with E-state index < -0.39 is 11.4 Å². The molecule has 1 aliphatic heterocycles. The smallest absolute Gasteiger partial charge is 0.314 e. The topological polar surface area (TPSA) is 65.0 Å². The van der Waals surface area contributed by atoms with Gasteiger partial charge >= 0.3 is 5.97 Å². The lowest BCUT2D eigenvalue weighted by Crippen LogP contribution is -2.35. The molecule has 0 amide bonds. The predicted molar refractivity (Wildman–Crippen MR) is 75.9 cm³/mol. The molecular weight excluding hydrogens is 272 g/mol. The average Bonchev–Trinajstić information content (AvgIpc) is 2.98. The molecule has 2 aliphatic rings. The highest BCUT2D eigenvalue weighted by atomic mass is 16.6. The van der Waals surface area contributed by atoms with Crippen LogP contribution in [-0.2, 0) is 21.6 Å². The van der Waals surface area contributed by atoms with Crippen LogP contribution >= 0.6 is 0 Å². The highest BCUT2D eigenvalue weighted by molar-refractivity contribution is 5.84. The molecule has 0 saturated heterocycles. The summed E-state index contributed by atoms with van der Waals surface area (Å²) in [5.74, 6) is 0.462. The van der Waals surface area contributed by atoms with Crippen LogP contribution in [0.15, 0.2) is 12.1 Å². The molecule has 1 heterocycles. The summed E-state index contributed by atoms with van der Waals surface area (Å²) >= 11 is 0. The van der Waals surface area contributed by atoms with Gasteiger partial charge in [-0.05, 0) is 24.5 Å². The van der Waals surface area contributed by atoms with E-state index in [1.54, 1.807) is 7.11 Å². The molecule has 0 atom stereocenters. The lowest BCUT2D eigenvalue weighted by Gasteiger charge is -2.32. The molecule has 0 spiro atoms. The van der Waals surface area contributed by atoms with Crippen molar-refractivity contribution in [2.75, 3.05) is 20.3 Å². The lowest BCUT2D eigenvalue weighted by molar-refractivity contribution is -0.143. The fraction of sp³-hybridized carbons (Fsp3) is 0.562. The van der Waals surface area contributed by atoms with Gasteiger partial charge in [0.05, 0.1) is 12.0 Å². The van der Waals surface area contributed by atoms with Crippen molar-refractivity contribution in [2.24, 2.45) is 0 Å². The first-order valence-corrected chi connectivity index (χ1v) is 7.33. The van der Waals surface area contributed by atoms with Gasteiger partial charge in [-0.25, -0.2) is 0 Å². The maximum atomic E-state index is 12.0. The molecule has 1 saturated carbocycles. The van der Waals surface area contributed by atoms with E-state index in [2.05, 4.69) is 0 Å². The van der Waals surface area contributed by atoms with E-state index in [9.17, 15) is 9.90 Å². The van der Waals surface area contributed by atoms with E-state index in [4.69, 9.17) is 14.2 Å². The van der Waals surface area contributed by atoms with Gasteiger partial charge in [0.15, 0.2) is 11.5 Å². The van der Waals surface area contributed by atoms with Crippen LogP contribution < -0.4 is 9.47 Å². The molecule has 1 aliphatic carbocycles. The van der Waals surface area contributed by atoms with Crippen molar-refractivity contribution in [1.82, 2.24) is 0 Å². The van der Waals surface area contributed by atoms with Gasteiger partial charge < -0.3 is 19.3 Å². The summed E-state index contributed by atoms with van der Waals surface area (Å²) in [4.78, 5) is 12.0. The number of aliphatic carboxylic acids is 1. The standard InChI is InChI=1S/C16H20O5/c1-19-10-11-4-5-12-14(21-9-8-20-12)13(11)16(15(17)18)6-2-3-7-16/h4-5H,2-3,6-10H2,1H3,(H,17,18). The van der Waals surface area contributed by atoms with Gasteiger partial charge in [0.25, 0.3) is 0 Å². The summed E-state index contributed by atoms with van der Waals surface area (Å²) in [6.45, 7) is 1.32. The minimum absolute atomic E-state index is 0.376. The third kappa shape index (κ3) is 2.25. The largest absolute Gasteiger partial charge is 0.486 e. The second kappa shape index (κ2) is 5.56. The molecule has 3 rings (SSSR count). The second-order valence-electron chi connectivity index (χ2n) is 5.65. The van der Waals surface area contributed by atoms with Crippen LogP contribution in [0.3, 0.4) is 0 Å². The minimum Gasteiger partial charge on any atom is -0.486 e. The first-order chi connectivity index (χ1) is 10.2. The lowest BCUT2D eigenvalue weighted by atomic mass is 9.76. The number of methoxy groups -OCH3 is 1. The molecule has 21 heavy (non-hydrogen) atoms. The first kappa shape index (κ1) is 14.2. The van der Waals surface area contributed by atoms with Gasteiger partial charge in [0.1, 0.15) is 13.2 Å². The molecule has 0 radical (unpaired) electrons. The Bertz CT molecular complexity index is 546. The summed E-state index contributed by atoms with van der Waals surface area (Å²) in [5.41, 5.74) is 0.762. The van der Waals surface area contributed by atoms with Crippen LogP contribution in [-0.4, -0.2) is 31.4 Å². The number of hydrogen-bond acceptors (Lipinski definition) is 4. The van der Waals surface area contributed by atoms with Crippen molar-refractivity contribution < 1.29 is 24.1 Å². The third-order valence-corrected chi connectivity index (χ3v) is 4.44. The molecule has 5 nitrogen and oxygen atoms in total. The quantitative estimate of drug-likeness (QED) is 0.923. The monoisotopic (exact) mass is 292 g/mol. The molecular formula is C16H20O5. The normalized spacial score (nSPS) is 19.5. The Kier molecular flexibility index (Phi) is 3.76. The Labute approximate surface area is 123 Å². The number of benzene rings is 1. The van der Waals surface area contributed by atoms with Crippen LogP contribution in [0, 0.1) is 0 Å². The van der Waals surface area contributed by atoms with E-state index >= 15 is 0 Å². The van der Waals surface area contributed by atoms with E-state index in [1.165, 1.54) is 0 Å². The number of ether oxygens (including phenoxy) is 3. The Morgan fingerprint density at radius 2 is 2.00 bits per heavy atom. The number of carbonyl (C=O) groups is 1. The van der Waals surface area contributed by atoms with Crippen molar-refractivity contribution >= 4 is 5.97 Å². The maximum Gasteiger partial charge on any atom is 0.314 e. The van der Waals surface area contributed by atoms with E-state index in [0.717, 1.165) is 24.0 Å². The molecule has 114 valence electrons. The minimum atomic E-state index is -0.875. The van der Waals surface area contributed by atoms with Crippen molar-refractivity contribution in [3.63, 3.8) is 0 Å². The third-order valence-electron chi connectivity index (χ3n) is 4.44. The number of carboxylic acids is 1. The molecule has 1 aromatic carbocycles. The van der Waals surface area contributed by atoms with Gasteiger partial charge in [-0.3, -0.25) is 4.79 Å². The fourth-order valence-electron chi connectivity index (χ4n) is 3.51. The van der Waals surface area contributed by atoms with Gasteiger partial charge in [0.2, 0.25) is 0 Å². The maximum absolute atomic E-state index is 12.0. The number of rotatable bonds is 4. The first-order valence-electron chi connectivity index (χ1n) is 7.33. The molecule has 1 aromatic rings. The Morgan fingerprint density at radius 1 is 1.29 bits per heavy atom. The zero-order chi connectivity index (χ0) is 14.9. The van der Waals surface area contributed by atoms with E-state index in [0.29, 0.717) is 44.2 Å². The summed E-state index contributed by atoms with van der Waals surface area (Å²) < 4.78 is 16.7. The fourth-order valence-corrected chi connectivity index (χ4v) is 3.51. The van der Waals surface area contributed by atoms with Crippen molar-refractivity contribution in [3.05, 3.63) is 23.3 Å². The van der Waals surface area contributed by atoms with Crippen LogP contribution in [0.4, 0.5) is 0 Å². The Balaban J connectivity index is 2.20. The average molecular weight is 292 g/mol. The SMILES string of the molecule is COCc1ccc2c(c1C1(C(=O)O)CCCC1)OCCO2. The number of fused-ring (bicyclic) bond motifs is 1. The predicted octanol–water partition coefficient (Wildman–Crippen LogP) is 2.50. The number of hydrogen-bond donors (Lipinski definition) is 1. The zero-order valence-corrected chi connectivity index (χ0v) is 12.2. The van der Waals surface area contributed by atoms with Crippen LogP contribution in [0.5, 0.6) is 11.5 Å². The van der Waals surface area contributed by atoms with Gasteiger partial charge in [-0.1, -0.05) is 18.9 Å². The summed E-state index contributed by atoms with van der Waals surface area (Å²) in [6, 6.07) is 3.74. The molecule has 1 N–H and O–H groups in total. The molecule has 0 bridgehead atoms. The molecule has 1 fully saturated rings. The number of carboxylic acid groups (broad SMARTS) is 1. The Hall–Kier alpha value is -1.75. The van der Waals surface area contributed by atoms with Gasteiger partial charge in [-0.2, -0.15) is 0 Å². The van der Waals surface area contributed by atoms with E-state index in [1.807, 2.05) is 12.1 Å². The van der Waals surface area contributed by atoms with Gasteiger partial charge in [-0.15, -0.1) is 0 Å². The molecule has 0 aromatic heterocycles. The zero-order valence-electron chi connectivity index (χ0n) is 12.2. The van der Waals surface area contributed by atoms with Crippen molar-refractivity contribution in [3.8, 4) is 11.5 Å². The Morgan fingerprint density at radius 3 is 2.67 bits per heavy atom. The van der Waals surface area contributed by atoms with E-state index in [-0.39, 0.29) is 0 Å². The van der Waals surface area contributed by atoms with Crippen molar-refractivity contribution in [1.29, 1.82) is 0 Å². The summed E-state index contributed by atoms with van der Waals surface area (Å²) in [5, 5.41) is 9.87. The van der Waals surface area contributed by atoms with Crippen molar-refractivity contribution in [2.45, 2.75) is 37.7 Å².